The summed E-state index contributed by atoms with van der Waals surface area (Å²) < 4.78 is 2.20. The number of nitrogens with zero attached hydrogens (tertiary/aromatic N) is 6. The Kier molecular flexibility index (Phi) is 6.43. The predicted molar refractivity (Wildman–Crippen MR) is 108 cm³/mol. The second-order valence-corrected chi connectivity index (χ2v) is 9.43. The zero-order valence-corrected chi connectivity index (χ0v) is 17.4. The average molecular weight is 375 g/mol. The molecule has 1 unspecified atom stereocenters. The molecule has 0 aromatic carbocycles. The Bertz CT molecular complexity index is 565. The van der Waals surface area contributed by atoms with E-state index in [1.54, 1.807) is 0 Å². The third-order valence-electron chi connectivity index (χ3n) is 7.06. The fraction of sp³-hybridized carbons (Fsp3) is 0.952. The van der Waals surface area contributed by atoms with Crippen molar-refractivity contribution in [1.29, 1.82) is 0 Å². The van der Waals surface area contributed by atoms with Gasteiger partial charge in [0.1, 0.15) is 0 Å². The van der Waals surface area contributed by atoms with Gasteiger partial charge in [-0.3, -0.25) is 9.80 Å². The first-order valence-electron chi connectivity index (χ1n) is 11.5. The van der Waals surface area contributed by atoms with Gasteiger partial charge >= 0.3 is 0 Å². The van der Waals surface area contributed by atoms with Crippen molar-refractivity contribution in [2.45, 2.75) is 96.2 Å². The number of rotatable bonds is 6. The molecule has 6 heteroatoms. The highest BCUT2D eigenvalue weighted by Crippen LogP contribution is 2.34. The van der Waals surface area contributed by atoms with Gasteiger partial charge < -0.3 is 0 Å². The molecular formula is C21H38N6. The normalized spacial score (nSPS) is 25.4. The van der Waals surface area contributed by atoms with Crippen LogP contribution in [0.5, 0.6) is 0 Å². The van der Waals surface area contributed by atoms with Crippen molar-refractivity contribution >= 4 is 0 Å². The van der Waals surface area contributed by atoms with E-state index in [9.17, 15) is 0 Å². The maximum Gasteiger partial charge on any atom is 0.168 e. The molecule has 0 bridgehead atoms. The number of aromatic nitrogens is 4. The summed E-state index contributed by atoms with van der Waals surface area (Å²) in [6.45, 7) is 9.40. The Labute approximate surface area is 164 Å². The van der Waals surface area contributed by atoms with Gasteiger partial charge in [0.15, 0.2) is 5.82 Å². The van der Waals surface area contributed by atoms with Crippen molar-refractivity contribution in [2.75, 3.05) is 26.2 Å². The number of tetrazole rings is 1. The molecule has 1 aromatic rings. The molecule has 152 valence electrons. The highest BCUT2D eigenvalue weighted by atomic mass is 15.6. The fourth-order valence-electron chi connectivity index (χ4n) is 5.55. The summed E-state index contributed by atoms with van der Waals surface area (Å²) in [7, 11) is 0. The molecule has 3 fully saturated rings. The average Bonchev–Trinajstić information content (AvgIpc) is 3.39. The molecule has 1 saturated heterocycles. The van der Waals surface area contributed by atoms with Crippen molar-refractivity contribution in [3.63, 3.8) is 0 Å². The van der Waals surface area contributed by atoms with E-state index in [4.69, 9.17) is 0 Å². The molecule has 2 heterocycles. The molecule has 3 aliphatic rings. The summed E-state index contributed by atoms with van der Waals surface area (Å²) in [4.78, 5) is 5.43. The van der Waals surface area contributed by atoms with Crippen LogP contribution in [0.1, 0.15) is 96.0 Å². The second-order valence-electron chi connectivity index (χ2n) is 9.43. The third-order valence-corrected chi connectivity index (χ3v) is 7.06. The largest absolute Gasteiger partial charge is 0.298 e. The van der Waals surface area contributed by atoms with Crippen LogP contribution >= 0.6 is 0 Å². The number of hydrogen-bond acceptors (Lipinski definition) is 5. The van der Waals surface area contributed by atoms with Crippen LogP contribution in [0.2, 0.25) is 0 Å². The Morgan fingerprint density at radius 1 is 0.852 bits per heavy atom. The van der Waals surface area contributed by atoms with Crippen molar-refractivity contribution in [3.8, 4) is 0 Å². The smallest absolute Gasteiger partial charge is 0.168 e. The zero-order chi connectivity index (χ0) is 18.6. The molecule has 0 spiro atoms. The van der Waals surface area contributed by atoms with Crippen LogP contribution in [-0.4, -0.2) is 62.2 Å². The van der Waals surface area contributed by atoms with E-state index in [0.717, 1.165) is 31.4 Å². The summed E-state index contributed by atoms with van der Waals surface area (Å²) in [6.07, 6.45) is 13.3. The lowest BCUT2D eigenvalue weighted by Crippen LogP contribution is -2.51. The van der Waals surface area contributed by atoms with E-state index in [2.05, 4.69) is 43.9 Å². The van der Waals surface area contributed by atoms with Gasteiger partial charge in [0.25, 0.3) is 0 Å². The first kappa shape index (κ1) is 19.3. The van der Waals surface area contributed by atoms with Crippen LogP contribution in [-0.2, 0) is 0 Å². The maximum absolute atomic E-state index is 4.56. The zero-order valence-electron chi connectivity index (χ0n) is 17.4. The summed E-state index contributed by atoms with van der Waals surface area (Å²) in [5, 5.41) is 13.1. The molecule has 2 aliphatic carbocycles. The van der Waals surface area contributed by atoms with Gasteiger partial charge in [0, 0.05) is 32.2 Å². The predicted octanol–water partition coefficient (Wildman–Crippen LogP) is 3.83. The van der Waals surface area contributed by atoms with Gasteiger partial charge in [0.05, 0.1) is 12.1 Å². The van der Waals surface area contributed by atoms with Gasteiger partial charge in [-0.2, -0.15) is 0 Å². The molecule has 1 aliphatic heterocycles. The third kappa shape index (κ3) is 4.53. The van der Waals surface area contributed by atoms with Crippen molar-refractivity contribution in [3.05, 3.63) is 5.82 Å². The Balaban J connectivity index is 1.46. The second kappa shape index (κ2) is 8.99. The molecule has 1 atom stereocenters. The van der Waals surface area contributed by atoms with E-state index >= 15 is 0 Å². The van der Waals surface area contributed by atoms with Crippen LogP contribution in [0.25, 0.3) is 0 Å². The Morgan fingerprint density at radius 2 is 1.48 bits per heavy atom. The molecule has 2 saturated carbocycles. The lowest BCUT2D eigenvalue weighted by molar-refractivity contribution is 0.0575. The van der Waals surface area contributed by atoms with Crippen LogP contribution in [0.15, 0.2) is 0 Å². The fourth-order valence-corrected chi connectivity index (χ4v) is 5.55. The molecular weight excluding hydrogens is 336 g/mol. The molecule has 1 aromatic heterocycles. The monoisotopic (exact) mass is 374 g/mol. The molecule has 0 N–H and O–H groups in total. The highest BCUT2D eigenvalue weighted by Gasteiger charge is 2.33. The van der Waals surface area contributed by atoms with E-state index in [0.29, 0.717) is 18.0 Å². The molecule has 4 rings (SSSR count). The van der Waals surface area contributed by atoms with Crippen molar-refractivity contribution in [2.24, 2.45) is 5.92 Å². The minimum absolute atomic E-state index is 0.368. The Morgan fingerprint density at radius 3 is 2.15 bits per heavy atom. The lowest BCUT2D eigenvalue weighted by atomic mass is 9.94. The van der Waals surface area contributed by atoms with E-state index in [1.165, 1.54) is 70.9 Å². The summed E-state index contributed by atoms with van der Waals surface area (Å²) in [6, 6.07) is 1.73. The van der Waals surface area contributed by atoms with E-state index < -0.39 is 0 Å². The van der Waals surface area contributed by atoms with Crippen LogP contribution in [0.4, 0.5) is 0 Å². The van der Waals surface area contributed by atoms with E-state index in [-0.39, 0.29) is 0 Å². The molecule has 0 radical (unpaired) electrons. The van der Waals surface area contributed by atoms with Crippen LogP contribution < -0.4 is 0 Å². The topological polar surface area (TPSA) is 50.1 Å². The van der Waals surface area contributed by atoms with E-state index in [1.807, 2.05) is 0 Å². The first-order chi connectivity index (χ1) is 13.2. The minimum Gasteiger partial charge on any atom is -0.298 e. The minimum atomic E-state index is 0.368. The molecule has 6 nitrogen and oxygen atoms in total. The van der Waals surface area contributed by atoms with Gasteiger partial charge in [-0.25, -0.2) is 4.68 Å². The highest BCUT2D eigenvalue weighted by molar-refractivity contribution is 4.98. The van der Waals surface area contributed by atoms with Gasteiger partial charge in [-0.15, -0.1) is 5.10 Å². The Hall–Kier alpha value is -1.01. The first-order valence-corrected chi connectivity index (χ1v) is 11.5. The van der Waals surface area contributed by atoms with Gasteiger partial charge in [-0.1, -0.05) is 46.0 Å². The maximum atomic E-state index is 4.56. The lowest BCUT2D eigenvalue weighted by Gasteiger charge is -2.41. The standard InChI is InChI=1S/C21H38N6/c1-17(2)16-20(21-22-23-24-27(21)19-10-4-3-5-11-19)26-14-12-25(13-15-26)18-8-6-7-9-18/h17-20H,3-16H2,1-2H3. The van der Waals surface area contributed by atoms with Gasteiger partial charge in [0.2, 0.25) is 0 Å². The molecule has 27 heavy (non-hydrogen) atoms. The van der Waals surface area contributed by atoms with Crippen molar-refractivity contribution < 1.29 is 0 Å². The van der Waals surface area contributed by atoms with Crippen LogP contribution in [0.3, 0.4) is 0 Å². The summed E-state index contributed by atoms with van der Waals surface area (Å²) in [5.41, 5.74) is 0. The summed E-state index contributed by atoms with van der Waals surface area (Å²) in [5.74, 6) is 1.78. The van der Waals surface area contributed by atoms with Crippen LogP contribution in [0, 0.1) is 5.92 Å². The van der Waals surface area contributed by atoms with Gasteiger partial charge in [-0.05, 0) is 48.4 Å². The summed E-state index contributed by atoms with van der Waals surface area (Å²) >= 11 is 0. The number of piperazine rings is 1. The SMILES string of the molecule is CC(C)CC(c1nnnn1C1CCCCC1)N1CCN(C2CCCC2)CC1. The quantitative estimate of drug-likeness (QED) is 0.757. The van der Waals surface area contributed by atoms with Crippen molar-refractivity contribution in [1.82, 2.24) is 30.0 Å². The number of hydrogen-bond donors (Lipinski definition) is 0. The molecule has 0 amide bonds.